The minimum absolute atomic E-state index is 0.0235. The molecule has 0 unspecified atom stereocenters. The third-order valence-corrected chi connectivity index (χ3v) is 8.34. The summed E-state index contributed by atoms with van der Waals surface area (Å²) in [7, 11) is -8.40. The van der Waals surface area contributed by atoms with Gasteiger partial charge < -0.3 is 5.73 Å². The Morgan fingerprint density at radius 3 is 2.15 bits per heavy atom. The quantitative estimate of drug-likeness (QED) is 0.273. The molecule has 0 fully saturated rings. The maximum Gasteiger partial charge on any atom is 0.416 e. The first-order valence-electron chi connectivity index (χ1n) is 11.2. The molecule has 5 aromatic rings. The first-order valence-corrected chi connectivity index (χ1v) is 14.3. The van der Waals surface area contributed by atoms with Crippen LogP contribution in [0.4, 0.5) is 18.9 Å². The van der Waals surface area contributed by atoms with Gasteiger partial charge >= 0.3 is 6.18 Å². The first kappa shape index (κ1) is 27.1. The third kappa shape index (κ3) is 4.97. The van der Waals surface area contributed by atoms with Crippen LogP contribution in [0, 0.1) is 0 Å². The lowest BCUT2D eigenvalue weighted by molar-refractivity contribution is -0.137. The predicted molar refractivity (Wildman–Crippen MR) is 141 cm³/mol. The Labute approximate surface area is 225 Å². The Hall–Kier alpha value is -4.47. The van der Waals surface area contributed by atoms with Gasteiger partial charge in [0.2, 0.25) is 10.0 Å². The number of nitrogens with one attached hydrogen (secondary N) is 1. The van der Waals surface area contributed by atoms with Crippen LogP contribution in [0.15, 0.2) is 88.7 Å². The fraction of sp³-hybridized carbons (Fsp3) is 0.0400. The molecule has 5 rings (SSSR count). The van der Waals surface area contributed by atoms with Crippen LogP contribution >= 0.6 is 0 Å². The van der Waals surface area contributed by atoms with E-state index in [9.17, 15) is 34.8 Å². The average molecular weight is 590 g/mol. The van der Waals surface area contributed by atoms with Crippen molar-refractivity contribution in [1.29, 1.82) is 0 Å². The van der Waals surface area contributed by atoms with E-state index in [-0.39, 0.29) is 16.3 Å². The number of sulfonamides is 2. The van der Waals surface area contributed by atoms with Crippen molar-refractivity contribution in [2.45, 2.75) is 16.0 Å². The molecule has 15 heteroatoms. The third-order valence-electron chi connectivity index (χ3n) is 6.03. The summed E-state index contributed by atoms with van der Waals surface area (Å²) in [5.41, 5.74) is 5.03. The number of primary amides is 1. The van der Waals surface area contributed by atoms with E-state index < -0.39 is 42.6 Å². The number of halogens is 3. The lowest BCUT2D eigenvalue weighted by atomic mass is 10.0. The van der Waals surface area contributed by atoms with Crippen LogP contribution in [0.3, 0.4) is 0 Å². The molecule has 5 N–H and O–H groups in total. The highest BCUT2D eigenvalue weighted by molar-refractivity contribution is 7.92. The number of anilines is 1. The molecular formula is C25H18F3N5O5S2. The molecule has 0 bridgehead atoms. The highest BCUT2D eigenvalue weighted by Crippen LogP contribution is 2.34. The van der Waals surface area contributed by atoms with E-state index in [0.717, 1.165) is 18.2 Å². The van der Waals surface area contributed by atoms with Gasteiger partial charge in [0.1, 0.15) is 0 Å². The number of primary sulfonamides is 1. The van der Waals surface area contributed by atoms with Gasteiger partial charge in [-0.2, -0.15) is 18.3 Å². The molecule has 0 aliphatic carbocycles. The van der Waals surface area contributed by atoms with Crippen molar-refractivity contribution >= 4 is 53.3 Å². The molecule has 4 aromatic carbocycles. The number of fused-ring (bicyclic) bond motifs is 3. The Kier molecular flexibility index (Phi) is 6.32. The zero-order chi connectivity index (χ0) is 29.0. The second-order valence-corrected chi connectivity index (χ2v) is 11.9. The first-order chi connectivity index (χ1) is 18.6. The van der Waals surface area contributed by atoms with Crippen molar-refractivity contribution in [3.63, 3.8) is 0 Å². The number of nitrogens with zero attached hydrogens (tertiary/aromatic N) is 2. The minimum atomic E-state index is -4.73. The number of benzene rings is 4. The van der Waals surface area contributed by atoms with Crippen molar-refractivity contribution < 1.29 is 34.8 Å². The zero-order valence-electron chi connectivity index (χ0n) is 20.0. The van der Waals surface area contributed by atoms with E-state index in [4.69, 9.17) is 10.9 Å². The molecule has 0 aliphatic heterocycles. The number of aromatic nitrogens is 2. The lowest BCUT2D eigenvalue weighted by Crippen LogP contribution is -2.14. The topological polar surface area (TPSA) is 167 Å². The molecule has 1 amide bonds. The van der Waals surface area contributed by atoms with Gasteiger partial charge in [-0.1, -0.05) is 18.2 Å². The number of carbonyl (C=O) groups excluding carboxylic acids is 1. The van der Waals surface area contributed by atoms with E-state index in [1.165, 1.54) is 41.1 Å². The smallest absolute Gasteiger partial charge is 0.364 e. The number of hydrogen-bond acceptors (Lipinski definition) is 6. The summed E-state index contributed by atoms with van der Waals surface area (Å²) in [5.74, 6) is -0.842. The molecular weight excluding hydrogens is 571 g/mol. The standard InChI is InChI=1S/C25H18F3N5O5S2/c26-25(27,28)15-2-1-3-19(12-15)40(37,38)32-16-6-4-14-5-11-20-22(24(29)34)31-33(23(20)21(14)13-16)17-7-9-18(10-8-17)39(30,35)36/h1-13,32H,(H2,29,34)(H2,30,35,36). The Bertz CT molecular complexity index is 2040. The highest BCUT2D eigenvalue weighted by atomic mass is 32.2. The molecule has 1 heterocycles. The molecule has 40 heavy (non-hydrogen) atoms. The van der Waals surface area contributed by atoms with Crippen molar-refractivity contribution in [2.75, 3.05) is 4.72 Å². The summed E-state index contributed by atoms with van der Waals surface area (Å²) in [4.78, 5) is 11.4. The van der Waals surface area contributed by atoms with Gasteiger partial charge in [-0.3, -0.25) is 9.52 Å². The fourth-order valence-corrected chi connectivity index (χ4v) is 5.80. The van der Waals surface area contributed by atoms with Crippen LogP contribution in [0.2, 0.25) is 0 Å². The number of hydrogen-bond donors (Lipinski definition) is 3. The molecule has 0 aliphatic rings. The van der Waals surface area contributed by atoms with Crippen LogP contribution in [-0.2, 0) is 26.2 Å². The fourth-order valence-electron chi connectivity index (χ4n) is 4.19. The average Bonchev–Trinajstić information content (AvgIpc) is 3.28. The molecule has 0 spiro atoms. The van der Waals surface area contributed by atoms with Crippen molar-refractivity contribution in [3.05, 3.63) is 90.1 Å². The second-order valence-electron chi connectivity index (χ2n) is 8.69. The Balaban J connectivity index is 1.66. The highest BCUT2D eigenvalue weighted by Gasteiger charge is 2.31. The van der Waals surface area contributed by atoms with Crippen molar-refractivity contribution in [3.8, 4) is 5.69 Å². The number of nitrogens with two attached hydrogens (primary N) is 2. The number of carbonyl (C=O) groups is 1. The predicted octanol–water partition coefficient (Wildman–Crippen LogP) is 3.74. The summed E-state index contributed by atoms with van der Waals surface area (Å²) < 4.78 is 92.3. The molecule has 0 atom stereocenters. The van der Waals surface area contributed by atoms with Crippen LogP contribution in [0.25, 0.3) is 27.4 Å². The molecule has 10 nitrogen and oxygen atoms in total. The van der Waals surface area contributed by atoms with Gasteiger partial charge in [-0.25, -0.2) is 26.7 Å². The van der Waals surface area contributed by atoms with E-state index in [1.54, 1.807) is 18.2 Å². The van der Waals surface area contributed by atoms with E-state index in [0.29, 0.717) is 33.4 Å². The largest absolute Gasteiger partial charge is 0.416 e. The van der Waals surface area contributed by atoms with Crippen LogP contribution in [0.1, 0.15) is 16.1 Å². The van der Waals surface area contributed by atoms with Gasteiger partial charge in [-0.15, -0.1) is 0 Å². The maximum absolute atomic E-state index is 13.1. The van der Waals surface area contributed by atoms with E-state index in [2.05, 4.69) is 9.82 Å². The van der Waals surface area contributed by atoms with Gasteiger partial charge in [0.05, 0.1) is 26.6 Å². The normalized spacial score (nSPS) is 12.6. The number of amides is 1. The van der Waals surface area contributed by atoms with Crippen LogP contribution < -0.4 is 15.6 Å². The second kappa shape index (κ2) is 9.32. The maximum atomic E-state index is 13.1. The summed E-state index contributed by atoms with van der Waals surface area (Å²) in [6, 6.07) is 16.3. The number of alkyl halides is 3. The lowest BCUT2D eigenvalue weighted by Gasteiger charge is -2.12. The molecule has 1 aromatic heterocycles. The van der Waals surface area contributed by atoms with Crippen LogP contribution in [0.5, 0.6) is 0 Å². The molecule has 0 saturated carbocycles. The molecule has 0 radical (unpaired) electrons. The molecule has 0 saturated heterocycles. The van der Waals surface area contributed by atoms with Crippen molar-refractivity contribution in [1.82, 2.24) is 9.78 Å². The number of rotatable bonds is 6. The van der Waals surface area contributed by atoms with Gasteiger partial charge in [0.25, 0.3) is 15.9 Å². The SMILES string of the molecule is NC(=O)c1nn(-c2ccc(S(N)(=O)=O)cc2)c2c1ccc1ccc(NS(=O)(=O)c3cccc(C(F)(F)F)c3)cc12. The van der Waals surface area contributed by atoms with Gasteiger partial charge in [0.15, 0.2) is 5.69 Å². The summed E-state index contributed by atoms with van der Waals surface area (Å²) in [6.07, 6.45) is -4.73. The minimum Gasteiger partial charge on any atom is -0.364 e. The summed E-state index contributed by atoms with van der Waals surface area (Å²) in [5, 5.41) is 10.8. The van der Waals surface area contributed by atoms with Crippen LogP contribution in [-0.4, -0.2) is 32.5 Å². The zero-order valence-corrected chi connectivity index (χ0v) is 21.7. The summed E-state index contributed by atoms with van der Waals surface area (Å²) >= 11 is 0. The van der Waals surface area contributed by atoms with E-state index in [1.807, 2.05) is 0 Å². The molecule has 206 valence electrons. The van der Waals surface area contributed by atoms with E-state index >= 15 is 0 Å². The monoisotopic (exact) mass is 589 g/mol. The Morgan fingerprint density at radius 1 is 0.850 bits per heavy atom. The van der Waals surface area contributed by atoms with Gasteiger partial charge in [0, 0.05) is 16.5 Å². The summed E-state index contributed by atoms with van der Waals surface area (Å²) in [6.45, 7) is 0. The van der Waals surface area contributed by atoms with Crippen molar-refractivity contribution in [2.24, 2.45) is 10.9 Å². The Morgan fingerprint density at radius 2 is 1.52 bits per heavy atom. The van der Waals surface area contributed by atoms with Gasteiger partial charge in [-0.05, 0) is 66.0 Å².